The molecule has 6 rings (SSSR count). The van der Waals surface area contributed by atoms with Gasteiger partial charge in [0.2, 0.25) is 0 Å². The van der Waals surface area contributed by atoms with Crippen molar-refractivity contribution >= 4 is 11.8 Å². The largest absolute Gasteiger partial charge is 0.394 e. The summed E-state index contributed by atoms with van der Waals surface area (Å²) in [5.41, 5.74) is 7.69. The van der Waals surface area contributed by atoms with Crippen LogP contribution in [0.5, 0.6) is 0 Å². The Labute approximate surface area is 342 Å². The van der Waals surface area contributed by atoms with Crippen molar-refractivity contribution in [2.45, 2.75) is 87.4 Å². The fourth-order valence-corrected chi connectivity index (χ4v) is 7.39. The summed E-state index contributed by atoms with van der Waals surface area (Å²) in [6.07, 6.45) is -13.5. The molecule has 0 aliphatic carbocycles. The van der Waals surface area contributed by atoms with Crippen molar-refractivity contribution in [2.75, 3.05) is 27.3 Å². The number of aliphatic hydroxyl groups excluding tert-OH is 9. The van der Waals surface area contributed by atoms with Gasteiger partial charge < -0.3 is 66.1 Å². The first-order chi connectivity index (χ1) is 28.1. The van der Waals surface area contributed by atoms with Crippen LogP contribution in [0.3, 0.4) is 0 Å². The van der Waals surface area contributed by atoms with Gasteiger partial charge in [-0.05, 0) is 82.6 Å². The van der Waals surface area contributed by atoms with E-state index in [1.165, 1.54) is 0 Å². The van der Waals surface area contributed by atoms with Crippen LogP contribution in [0.2, 0.25) is 0 Å². The van der Waals surface area contributed by atoms with Crippen LogP contribution in [0.25, 0.3) is 22.3 Å². The number of rotatable bonds is 10. The van der Waals surface area contributed by atoms with Crippen LogP contribution in [0, 0.1) is 13.8 Å². The van der Waals surface area contributed by atoms with E-state index in [1.807, 2.05) is 55.5 Å². The Hall–Kier alpha value is -4.62. The van der Waals surface area contributed by atoms with Gasteiger partial charge in [-0.2, -0.15) is 0 Å². The average molecular weight is 819 g/mol. The van der Waals surface area contributed by atoms with E-state index in [9.17, 15) is 55.5 Å². The van der Waals surface area contributed by atoms with Gasteiger partial charge in [0.15, 0.2) is 0 Å². The molecular weight excluding hydrogens is 764 g/mol. The zero-order valence-corrected chi connectivity index (χ0v) is 33.2. The number of benzene rings is 4. The van der Waals surface area contributed by atoms with E-state index < -0.39 is 80.4 Å². The second kappa shape index (κ2) is 20.1. The summed E-state index contributed by atoms with van der Waals surface area (Å²) in [6, 6.07) is 25.6. The summed E-state index contributed by atoms with van der Waals surface area (Å²) in [4.78, 5) is 23.7. The maximum atomic E-state index is 11.9. The van der Waals surface area contributed by atoms with Crippen molar-refractivity contribution < 1.29 is 65.0 Å². The van der Waals surface area contributed by atoms with Crippen molar-refractivity contribution in [3.05, 3.63) is 118 Å². The number of carbonyl (C=O) groups excluding carboxylic acids is 2. The van der Waals surface area contributed by atoms with Gasteiger partial charge >= 0.3 is 0 Å². The molecule has 0 saturated carbocycles. The molecule has 2 saturated heterocycles. The molecule has 11 atom stereocenters. The molecule has 4 aromatic carbocycles. The molecule has 15 heteroatoms. The van der Waals surface area contributed by atoms with Crippen LogP contribution < -0.4 is 10.6 Å². The quantitative estimate of drug-likeness (QED) is 0.103. The summed E-state index contributed by atoms with van der Waals surface area (Å²) in [6.45, 7) is 2.72. The number of aryl methyl sites for hydroxylation is 2. The molecule has 2 aliphatic rings. The van der Waals surface area contributed by atoms with Gasteiger partial charge in [-0.15, -0.1) is 0 Å². The lowest BCUT2D eigenvalue weighted by atomic mass is 9.87. The molecule has 0 radical (unpaired) electrons. The molecule has 15 nitrogen and oxygen atoms in total. The third-order valence-corrected chi connectivity index (χ3v) is 11.0. The minimum atomic E-state index is -1.55. The highest BCUT2D eigenvalue weighted by molar-refractivity contribution is 5.96. The lowest BCUT2D eigenvalue weighted by Crippen LogP contribution is -2.59. The Balaban J connectivity index is 0.000000224. The van der Waals surface area contributed by atoms with Crippen molar-refractivity contribution in [1.29, 1.82) is 0 Å². The first kappa shape index (κ1) is 45.5. The summed E-state index contributed by atoms with van der Waals surface area (Å²) >= 11 is 0. The number of ether oxygens (including phenoxy) is 2. The zero-order chi connectivity index (χ0) is 43.1. The van der Waals surface area contributed by atoms with Crippen molar-refractivity contribution in [3.8, 4) is 22.3 Å². The van der Waals surface area contributed by atoms with Crippen LogP contribution in [-0.2, 0) is 15.9 Å². The molecule has 318 valence electrons. The summed E-state index contributed by atoms with van der Waals surface area (Å²) in [5.74, 6) is -0.342. The molecule has 2 heterocycles. The predicted octanol–water partition coefficient (Wildman–Crippen LogP) is 0.304. The van der Waals surface area contributed by atoms with Crippen molar-refractivity contribution in [1.82, 2.24) is 10.6 Å². The van der Waals surface area contributed by atoms with Gasteiger partial charge in [-0.1, -0.05) is 60.7 Å². The van der Waals surface area contributed by atoms with E-state index in [1.54, 1.807) is 57.4 Å². The number of carbonyl (C=O) groups is 2. The van der Waals surface area contributed by atoms with Crippen molar-refractivity contribution in [2.24, 2.45) is 0 Å². The van der Waals surface area contributed by atoms with Gasteiger partial charge in [0, 0.05) is 31.6 Å². The monoisotopic (exact) mass is 818 g/mol. The lowest BCUT2D eigenvalue weighted by molar-refractivity contribution is -0.250. The second-order valence-corrected chi connectivity index (χ2v) is 14.8. The number of hydrogen-bond donors (Lipinski definition) is 11. The molecule has 0 spiro atoms. The molecule has 2 amide bonds. The maximum absolute atomic E-state index is 11.9. The van der Waals surface area contributed by atoms with Gasteiger partial charge in [0.05, 0.1) is 19.3 Å². The van der Waals surface area contributed by atoms with Crippen LogP contribution in [-0.4, -0.2) is 146 Å². The highest BCUT2D eigenvalue weighted by Crippen LogP contribution is 2.34. The smallest absolute Gasteiger partial charge is 0.251 e. The van der Waals surface area contributed by atoms with E-state index in [0.29, 0.717) is 28.7 Å². The van der Waals surface area contributed by atoms with Crippen LogP contribution in [0.4, 0.5) is 0 Å². The van der Waals surface area contributed by atoms with Gasteiger partial charge in [-0.25, -0.2) is 0 Å². The number of hydrogen-bond acceptors (Lipinski definition) is 13. The van der Waals surface area contributed by atoms with E-state index in [4.69, 9.17) is 9.47 Å². The topological polar surface area (TPSA) is 259 Å². The molecule has 4 aromatic rings. The SMILES string of the molecule is CNC(=O)c1cccc(-c2ccc(CC3OC(CO)C(O)C(O)C3O)c(C)c2)c1.CNC(=O)c1cccc(-c2ccc([C@H](O)C3OC(CO)C(O)C(O)C3O)c(C)c2)c1. The summed E-state index contributed by atoms with van der Waals surface area (Å²) in [7, 11) is 3.15. The molecular formula is C44H54N2O13. The fourth-order valence-electron chi connectivity index (χ4n) is 7.39. The predicted molar refractivity (Wildman–Crippen MR) is 216 cm³/mol. The molecule has 2 aliphatic heterocycles. The molecule has 59 heavy (non-hydrogen) atoms. The fraction of sp³-hybridized carbons (Fsp3) is 0.409. The molecule has 10 unspecified atom stereocenters. The second-order valence-electron chi connectivity index (χ2n) is 14.8. The van der Waals surface area contributed by atoms with Gasteiger partial charge in [0.1, 0.15) is 61.0 Å². The number of aliphatic hydroxyl groups is 9. The Morgan fingerprint density at radius 1 is 0.576 bits per heavy atom. The minimum absolute atomic E-state index is 0.150. The average Bonchev–Trinajstić information content (AvgIpc) is 3.25. The van der Waals surface area contributed by atoms with E-state index >= 15 is 0 Å². The van der Waals surface area contributed by atoms with Crippen LogP contribution in [0.15, 0.2) is 84.9 Å². The Kier molecular flexibility index (Phi) is 15.5. The number of amides is 2. The number of nitrogens with one attached hydrogen (secondary N) is 2. The third-order valence-electron chi connectivity index (χ3n) is 11.0. The highest BCUT2D eigenvalue weighted by Gasteiger charge is 2.47. The first-order valence-electron chi connectivity index (χ1n) is 19.3. The Morgan fingerprint density at radius 3 is 1.53 bits per heavy atom. The van der Waals surface area contributed by atoms with Crippen molar-refractivity contribution in [3.63, 3.8) is 0 Å². The third kappa shape index (κ3) is 10.2. The van der Waals surface area contributed by atoms with E-state index in [-0.39, 0.29) is 11.8 Å². The molecule has 11 N–H and O–H groups in total. The maximum Gasteiger partial charge on any atom is 0.251 e. The first-order valence-corrected chi connectivity index (χ1v) is 19.3. The molecule has 2 fully saturated rings. The summed E-state index contributed by atoms with van der Waals surface area (Å²) in [5, 5.41) is 95.0. The highest BCUT2D eigenvalue weighted by atomic mass is 16.6. The van der Waals surface area contributed by atoms with Gasteiger partial charge in [0.25, 0.3) is 11.8 Å². The molecule has 0 bridgehead atoms. The minimum Gasteiger partial charge on any atom is -0.394 e. The lowest BCUT2D eigenvalue weighted by Gasteiger charge is -2.42. The normalized spacial score (nSPS) is 27.2. The zero-order valence-electron chi connectivity index (χ0n) is 33.2. The van der Waals surface area contributed by atoms with E-state index in [0.717, 1.165) is 33.4 Å². The molecule has 0 aromatic heterocycles. The Morgan fingerprint density at radius 2 is 1.03 bits per heavy atom. The van der Waals surface area contributed by atoms with E-state index in [2.05, 4.69) is 10.6 Å². The summed E-state index contributed by atoms with van der Waals surface area (Å²) < 4.78 is 11.1. The van der Waals surface area contributed by atoms with Gasteiger partial charge in [-0.3, -0.25) is 9.59 Å². The van der Waals surface area contributed by atoms with Crippen LogP contribution >= 0.6 is 0 Å². The Bertz CT molecular complexity index is 2060. The standard InChI is InChI=1S/C22H27NO7.C22H27NO6/c1-11-8-13(12-4-3-5-14(9-12)22(29)23-2)6-7-15(11)17(25)21-20(28)19(27)18(26)16(10-24)30-21;1-12-8-15(14-4-3-5-16(9-14)22(28)23-2)7-6-13(12)10-17-19(25)21(27)20(26)18(11-24)29-17/h3-9,16-21,24-28H,10H2,1-2H3,(H,23,29);3-9,17-21,24-27H,10-11H2,1-2H3,(H,23,28)/t16?,17-,18?,19?,20?,21?;/m0./s1. The van der Waals surface area contributed by atoms with Crippen LogP contribution in [0.1, 0.15) is 49.1 Å².